The number of alkyl halides is 4. The van der Waals surface area contributed by atoms with Gasteiger partial charge in [-0.2, -0.15) is 17.2 Å². The summed E-state index contributed by atoms with van der Waals surface area (Å²) in [5.41, 5.74) is 0. The molecule has 0 rings (SSSR count). The van der Waals surface area contributed by atoms with Crippen LogP contribution in [0.15, 0.2) is 0 Å². The minimum absolute atomic E-state index is 0.200. The van der Waals surface area contributed by atoms with Gasteiger partial charge < -0.3 is 0 Å². The van der Waals surface area contributed by atoms with Crippen molar-refractivity contribution in [1.29, 1.82) is 0 Å². The van der Waals surface area contributed by atoms with Crippen LogP contribution < -0.4 is 0 Å². The molecule has 0 aromatic heterocycles. The summed E-state index contributed by atoms with van der Waals surface area (Å²) in [4.78, 5) is 0. The third-order valence-corrected chi connectivity index (χ3v) is 8.88. The smallest absolute Gasteiger partial charge is 0.263 e. The predicted molar refractivity (Wildman–Crippen MR) is 129 cm³/mol. The molecule has 0 aromatic rings. The van der Waals surface area contributed by atoms with Gasteiger partial charge in [0.15, 0.2) is 9.84 Å². The van der Waals surface area contributed by atoms with Gasteiger partial charge in [-0.3, -0.25) is 4.18 Å². The Morgan fingerprint density at radius 2 is 1.00 bits per heavy atom. The maximum absolute atomic E-state index is 12.7. The molecule has 0 unspecified atom stereocenters. The maximum Gasteiger partial charge on any atom is 0.331 e. The normalized spacial score (nSPS) is 13.1. The average molecular weight is 541 g/mol. The first-order valence-corrected chi connectivity index (χ1v) is 16.1. The molecule has 0 amide bonds. The largest absolute Gasteiger partial charge is 0.331 e. The molecule has 0 aliphatic rings. The summed E-state index contributed by atoms with van der Waals surface area (Å²) in [6, 6.07) is 0. The second kappa shape index (κ2) is 18.8. The van der Waals surface area contributed by atoms with Gasteiger partial charge in [-0.15, -0.1) is 0 Å². The van der Waals surface area contributed by atoms with Crippen LogP contribution in [0.1, 0.15) is 110 Å². The Labute approximate surface area is 204 Å². The molecule has 0 aliphatic carbocycles. The summed E-state index contributed by atoms with van der Waals surface area (Å²) in [7, 11) is -8.33. The van der Waals surface area contributed by atoms with Gasteiger partial charge in [0.25, 0.3) is 10.1 Å². The van der Waals surface area contributed by atoms with Crippen molar-refractivity contribution in [1.82, 2.24) is 0 Å². The Balaban J connectivity index is 3.69. The lowest BCUT2D eigenvalue weighted by molar-refractivity contribution is -0.147. The quantitative estimate of drug-likeness (QED) is 0.0755. The van der Waals surface area contributed by atoms with Crippen LogP contribution in [-0.4, -0.2) is 53.0 Å². The monoisotopic (exact) mass is 540 g/mol. The summed E-state index contributed by atoms with van der Waals surface area (Å²) < 4.78 is 100. The van der Waals surface area contributed by atoms with Crippen molar-refractivity contribution >= 4 is 20.0 Å². The highest BCUT2D eigenvalue weighted by atomic mass is 32.2. The number of unbranched alkanes of at least 4 members (excludes halogenated alkanes) is 15. The van der Waals surface area contributed by atoms with Crippen molar-refractivity contribution in [3.05, 3.63) is 0 Å². The van der Waals surface area contributed by atoms with E-state index in [4.69, 9.17) is 0 Å². The molecule has 0 saturated heterocycles. The highest BCUT2D eigenvalue weighted by molar-refractivity contribution is 7.93. The number of halogens is 4. The van der Waals surface area contributed by atoms with Crippen molar-refractivity contribution in [3.63, 3.8) is 0 Å². The second-order valence-electron chi connectivity index (χ2n) is 9.04. The molecule has 0 aliphatic heterocycles. The van der Waals surface area contributed by atoms with E-state index in [-0.39, 0.29) is 5.75 Å². The minimum Gasteiger partial charge on any atom is -0.263 e. The van der Waals surface area contributed by atoms with E-state index >= 15 is 0 Å². The van der Waals surface area contributed by atoms with Crippen LogP contribution in [0.5, 0.6) is 0 Å². The van der Waals surface area contributed by atoms with Gasteiger partial charge >= 0.3 is 12.3 Å². The number of hydrogen-bond acceptors (Lipinski definition) is 5. The summed E-state index contributed by atoms with van der Waals surface area (Å²) in [6.45, 7) is 0.217. The van der Waals surface area contributed by atoms with Gasteiger partial charge in [-0.1, -0.05) is 103 Å². The van der Waals surface area contributed by atoms with Gasteiger partial charge in [0.2, 0.25) is 0 Å². The Morgan fingerprint density at radius 3 is 1.38 bits per heavy atom. The van der Waals surface area contributed by atoms with Crippen LogP contribution in [0.25, 0.3) is 0 Å². The van der Waals surface area contributed by atoms with E-state index < -0.39 is 50.4 Å². The number of rotatable bonds is 24. The second-order valence-corrected chi connectivity index (χ2v) is 13.1. The fourth-order valence-electron chi connectivity index (χ4n) is 3.49. The van der Waals surface area contributed by atoms with Gasteiger partial charge in [-0.25, -0.2) is 17.2 Å². The standard InChI is InChI=1S/C23H44F4O5S2/c1-2-3-4-5-6-7-8-9-10-11-12-13-14-15-16-17-18-33(28,29)19-20-34(30,31)32-21-23(26,27)22(24)25/h22H,2-21H2,1H3. The highest BCUT2D eigenvalue weighted by Crippen LogP contribution is 2.23. The SMILES string of the molecule is CCCCCCCCCCCCCCCCCCS(=O)(=O)CCS(=O)(=O)OCC(F)(F)C(F)F. The van der Waals surface area contributed by atoms with E-state index in [0.717, 1.165) is 19.3 Å². The Hall–Kier alpha value is -0.420. The fraction of sp³-hybridized carbons (Fsp3) is 1.00. The average Bonchev–Trinajstić information content (AvgIpc) is 2.76. The van der Waals surface area contributed by atoms with E-state index in [1.807, 2.05) is 0 Å². The molecule has 0 saturated carbocycles. The van der Waals surface area contributed by atoms with Crippen molar-refractivity contribution in [2.24, 2.45) is 0 Å². The van der Waals surface area contributed by atoms with Crippen molar-refractivity contribution < 1.29 is 38.6 Å². The van der Waals surface area contributed by atoms with Gasteiger partial charge in [0.05, 0.1) is 17.3 Å². The van der Waals surface area contributed by atoms with Crippen molar-refractivity contribution in [3.8, 4) is 0 Å². The number of hydrogen-bond donors (Lipinski definition) is 0. The van der Waals surface area contributed by atoms with Gasteiger partial charge in [-0.05, 0) is 6.42 Å². The Kier molecular flexibility index (Phi) is 18.6. The molecular weight excluding hydrogens is 496 g/mol. The lowest BCUT2D eigenvalue weighted by Crippen LogP contribution is -2.34. The van der Waals surface area contributed by atoms with Crippen LogP contribution in [0, 0.1) is 0 Å². The molecule has 11 heteroatoms. The third-order valence-electron chi connectivity index (χ3n) is 5.70. The summed E-state index contributed by atoms with van der Waals surface area (Å²) in [5.74, 6) is -6.63. The molecule has 0 spiro atoms. The molecule has 5 nitrogen and oxygen atoms in total. The molecule has 0 aromatic carbocycles. The van der Waals surface area contributed by atoms with Crippen molar-refractivity contribution in [2.75, 3.05) is 23.9 Å². The molecule has 0 radical (unpaired) electrons. The van der Waals surface area contributed by atoms with Crippen LogP contribution in [0.2, 0.25) is 0 Å². The zero-order chi connectivity index (χ0) is 25.9. The van der Waals surface area contributed by atoms with E-state index in [9.17, 15) is 34.4 Å². The van der Waals surface area contributed by atoms with E-state index in [1.54, 1.807) is 0 Å². The summed E-state index contributed by atoms with van der Waals surface area (Å²) >= 11 is 0. The Morgan fingerprint density at radius 1 is 0.618 bits per heavy atom. The lowest BCUT2D eigenvalue weighted by atomic mass is 10.0. The molecule has 0 N–H and O–H groups in total. The topological polar surface area (TPSA) is 77.5 Å². The summed E-state index contributed by atoms with van der Waals surface area (Å²) in [5, 5.41) is 0. The first-order valence-electron chi connectivity index (χ1n) is 12.7. The number of sulfone groups is 1. The van der Waals surface area contributed by atoms with Crippen molar-refractivity contribution in [2.45, 2.75) is 122 Å². The highest BCUT2D eigenvalue weighted by Gasteiger charge is 2.42. The predicted octanol–water partition coefficient (Wildman–Crippen LogP) is 6.91. The molecule has 34 heavy (non-hydrogen) atoms. The van der Waals surface area contributed by atoms with Crippen LogP contribution in [0.4, 0.5) is 17.6 Å². The van der Waals surface area contributed by atoms with Gasteiger partial charge in [0.1, 0.15) is 6.61 Å². The molecule has 0 heterocycles. The lowest BCUT2D eigenvalue weighted by Gasteiger charge is -2.14. The van der Waals surface area contributed by atoms with Crippen LogP contribution in [-0.2, 0) is 24.1 Å². The summed E-state index contributed by atoms with van der Waals surface area (Å²) in [6.07, 6.45) is 14.4. The zero-order valence-corrected chi connectivity index (χ0v) is 22.2. The van der Waals surface area contributed by atoms with Crippen LogP contribution in [0.3, 0.4) is 0 Å². The molecule has 0 atom stereocenters. The molecule has 0 bridgehead atoms. The van der Waals surface area contributed by atoms with E-state index in [2.05, 4.69) is 11.1 Å². The molecular formula is C23H44F4O5S2. The minimum atomic E-state index is -4.63. The maximum atomic E-state index is 12.7. The third kappa shape index (κ3) is 19.8. The Bertz CT molecular complexity index is 698. The zero-order valence-electron chi connectivity index (χ0n) is 20.6. The fourth-order valence-corrected chi connectivity index (χ4v) is 6.63. The molecule has 206 valence electrons. The van der Waals surface area contributed by atoms with Gasteiger partial charge in [0, 0.05) is 0 Å². The molecule has 0 fully saturated rings. The van der Waals surface area contributed by atoms with E-state index in [1.165, 1.54) is 70.6 Å². The first kappa shape index (κ1) is 33.6. The van der Waals surface area contributed by atoms with Crippen LogP contribution >= 0.6 is 0 Å². The van der Waals surface area contributed by atoms with E-state index in [0.29, 0.717) is 12.8 Å². The first-order chi connectivity index (χ1) is 15.9.